The summed E-state index contributed by atoms with van der Waals surface area (Å²) >= 11 is 0. The molecule has 3 N–H and O–H groups in total. The SMILES string of the molecule is CC1(C)CCC(O)(C2(N)CC(F)(F)C2)C1. The summed E-state index contributed by atoms with van der Waals surface area (Å²) in [4.78, 5) is 0. The van der Waals surface area contributed by atoms with E-state index < -0.39 is 17.1 Å². The van der Waals surface area contributed by atoms with Crippen molar-refractivity contribution in [1.29, 1.82) is 0 Å². The average molecular weight is 219 g/mol. The molecular weight excluding hydrogens is 200 g/mol. The first-order valence-corrected chi connectivity index (χ1v) is 5.47. The Labute approximate surface area is 88.8 Å². The molecule has 2 nitrogen and oxygen atoms in total. The Hall–Kier alpha value is -0.220. The third-order valence-electron chi connectivity index (χ3n) is 4.06. The van der Waals surface area contributed by atoms with E-state index in [2.05, 4.69) is 0 Å². The van der Waals surface area contributed by atoms with Crippen LogP contribution in [0.1, 0.15) is 46.0 Å². The third-order valence-corrected chi connectivity index (χ3v) is 4.06. The number of rotatable bonds is 1. The van der Waals surface area contributed by atoms with E-state index in [1.807, 2.05) is 13.8 Å². The number of aliphatic hydroxyl groups is 1. The average Bonchev–Trinajstić information content (AvgIpc) is 2.22. The van der Waals surface area contributed by atoms with E-state index in [-0.39, 0.29) is 18.3 Å². The summed E-state index contributed by atoms with van der Waals surface area (Å²) in [5.41, 5.74) is 3.78. The summed E-state index contributed by atoms with van der Waals surface area (Å²) in [7, 11) is 0. The van der Waals surface area contributed by atoms with Crippen LogP contribution >= 0.6 is 0 Å². The van der Waals surface area contributed by atoms with Crippen LogP contribution in [0.25, 0.3) is 0 Å². The highest BCUT2D eigenvalue weighted by molar-refractivity contribution is 5.18. The van der Waals surface area contributed by atoms with E-state index in [1.165, 1.54) is 0 Å². The molecule has 2 fully saturated rings. The first kappa shape index (κ1) is 11.3. The summed E-state index contributed by atoms with van der Waals surface area (Å²) in [5, 5.41) is 10.4. The van der Waals surface area contributed by atoms with Gasteiger partial charge in [-0.05, 0) is 24.7 Å². The number of nitrogens with two attached hydrogens (primary N) is 1. The summed E-state index contributed by atoms with van der Waals surface area (Å²) < 4.78 is 25.7. The van der Waals surface area contributed by atoms with Crippen molar-refractivity contribution in [3.05, 3.63) is 0 Å². The Morgan fingerprint density at radius 2 is 1.60 bits per heavy atom. The molecule has 2 saturated carbocycles. The minimum Gasteiger partial charge on any atom is -0.388 e. The van der Waals surface area contributed by atoms with E-state index >= 15 is 0 Å². The van der Waals surface area contributed by atoms with Gasteiger partial charge in [0.25, 0.3) is 5.92 Å². The molecule has 88 valence electrons. The Morgan fingerprint density at radius 3 is 1.93 bits per heavy atom. The van der Waals surface area contributed by atoms with Crippen molar-refractivity contribution in [2.24, 2.45) is 11.1 Å². The zero-order chi connectivity index (χ0) is 11.5. The predicted octanol–water partition coefficient (Wildman–Crippen LogP) is 2.05. The molecule has 0 aliphatic heterocycles. The molecule has 1 unspecified atom stereocenters. The monoisotopic (exact) mass is 219 g/mol. The summed E-state index contributed by atoms with van der Waals surface area (Å²) in [5.74, 6) is -2.67. The van der Waals surface area contributed by atoms with Gasteiger partial charge in [0.05, 0.1) is 11.1 Å². The van der Waals surface area contributed by atoms with Gasteiger partial charge >= 0.3 is 0 Å². The van der Waals surface area contributed by atoms with E-state index in [4.69, 9.17) is 5.73 Å². The van der Waals surface area contributed by atoms with E-state index in [9.17, 15) is 13.9 Å². The fourth-order valence-corrected chi connectivity index (χ4v) is 3.14. The van der Waals surface area contributed by atoms with Crippen molar-refractivity contribution in [2.45, 2.75) is 63.0 Å². The lowest BCUT2D eigenvalue weighted by atomic mass is 9.62. The van der Waals surface area contributed by atoms with Crippen LogP contribution in [0.2, 0.25) is 0 Å². The zero-order valence-electron chi connectivity index (χ0n) is 9.32. The van der Waals surface area contributed by atoms with Gasteiger partial charge in [-0.15, -0.1) is 0 Å². The normalized spacial score (nSPS) is 41.2. The molecule has 4 heteroatoms. The lowest BCUT2D eigenvalue weighted by molar-refractivity contribution is -0.190. The molecule has 0 radical (unpaired) electrons. The van der Waals surface area contributed by atoms with Crippen molar-refractivity contribution in [2.75, 3.05) is 0 Å². The van der Waals surface area contributed by atoms with Crippen LogP contribution in [0.5, 0.6) is 0 Å². The number of halogens is 2. The molecule has 2 rings (SSSR count). The van der Waals surface area contributed by atoms with E-state index in [0.717, 1.165) is 6.42 Å². The van der Waals surface area contributed by atoms with Crippen LogP contribution in [-0.4, -0.2) is 22.2 Å². The van der Waals surface area contributed by atoms with Gasteiger partial charge in [-0.25, -0.2) is 8.78 Å². The van der Waals surface area contributed by atoms with Gasteiger partial charge in [-0.2, -0.15) is 0 Å². The van der Waals surface area contributed by atoms with Crippen LogP contribution < -0.4 is 5.73 Å². The van der Waals surface area contributed by atoms with Crippen molar-refractivity contribution >= 4 is 0 Å². The molecule has 0 aromatic carbocycles. The molecule has 0 bridgehead atoms. The van der Waals surface area contributed by atoms with Gasteiger partial charge in [0.1, 0.15) is 0 Å². The maximum Gasteiger partial charge on any atom is 0.251 e. The van der Waals surface area contributed by atoms with Gasteiger partial charge < -0.3 is 10.8 Å². The highest BCUT2D eigenvalue weighted by atomic mass is 19.3. The van der Waals surface area contributed by atoms with Crippen LogP contribution in [0, 0.1) is 5.41 Å². The van der Waals surface area contributed by atoms with Crippen molar-refractivity contribution < 1.29 is 13.9 Å². The van der Waals surface area contributed by atoms with Crippen molar-refractivity contribution in [3.63, 3.8) is 0 Å². The molecule has 1 atom stereocenters. The summed E-state index contributed by atoms with van der Waals surface area (Å²) in [6.07, 6.45) is 1.20. The summed E-state index contributed by atoms with van der Waals surface area (Å²) in [6, 6.07) is 0. The first-order chi connectivity index (χ1) is 6.58. The lowest BCUT2D eigenvalue weighted by Gasteiger charge is -2.53. The lowest BCUT2D eigenvalue weighted by Crippen LogP contribution is -2.70. The fraction of sp³-hybridized carbons (Fsp3) is 1.00. The molecule has 2 aliphatic carbocycles. The molecule has 0 saturated heterocycles. The number of alkyl halides is 2. The molecule has 0 aromatic heterocycles. The zero-order valence-corrected chi connectivity index (χ0v) is 9.32. The quantitative estimate of drug-likeness (QED) is 0.709. The number of hydrogen-bond acceptors (Lipinski definition) is 2. The largest absolute Gasteiger partial charge is 0.388 e. The highest BCUT2D eigenvalue weighted by Gasteiger charge is 2.65. The van der Waals surface area contributed by atoms with Crippen LogP contribution in [0.3, 0.4) is 0 Å². The molecular formula is C11H19F2NO. The Kier molecular flexibility index (Phi) is 2.04. The maximum absolute atomic E-state index is 12.9. The minimum atomic E-state index is -2.67. The Bertz CT molecular complexity index is 282. The van der Waals surface area contributed by atoms with Crippen molar-refractivity contribution in [1.82, 2.24) is 0 Å². The van der Waals surface area contributed by atoms with Crippen LogP contribution in [0.15, 0.2) is 0 Å². The van der Waals surface area contributed by atoms with Gasteiger partial charge in [0.2, 0.25) is 0 Å². The maximum atomic E-state index is 12.9. The highest BCUT2D eigenvalue weighted by Crippen LogP contribution is 2.57. The fourth-order valence-electron chi connectivity index (χ4n) is 3.14. The van der Waals surface area contributed by atoms with Gasteiger partial charge in [0, 0.05) is 12.8 Å². The second-order valence-corrected chi connectivity index (χ2v) is 6.24. The van der Waals surface area contributed by atoms with E-state index in [0.29, 0.717) is 12.8 Å². The number of hydrogen-bond donors (Lipinski definition) is 2. The molecule has 15 heavy (non-hydrogen) atoms. The molecule has 0 aromatic rings. The first-order valence-electron chi connectivity index (χ1n) is 5.47. The third kappa shape index (κ3) is 1.68. The van der Waals surface area contributed by atoms with Gasteiger partial charge in [-0.1, -0.05) is 13.8 Å². The topological polar surface area (TPSA) is 46.2 Å². The smallest absolute Gasteiger partial charge is 0.251 e. The Balaban J connectivity index is 2.12. The standard InChI is InChI=1S/C11H19F2NO/c1-8(2)3-4-10(15,5-8)9(14)6-11(12,13)7-9/h15H,3-7,14H2,1-2H3. The Morgan fingerprint density at radius 1 is 1.07 bits per heavy atom. The predicted molar refractivity (Wildman–Crippen MR) is 53.7 cm³/mol. The summed E-state index contributed by atoms with van der Waals surface area (Å²) in [6.45, 7) is 4.09. The molecule has 2 aliphatic rings. The van der Waals surface area contributed by atoms with Crippen LogP contribution in [-0.2, 0) is 0 Å². The molecule has 0 spiro atoms. The van der Waals surface area contributed by atoms with Gasteiger partial charge in [-0.3, -0.25) is 0 Å². The van der Waals surface area contributed by atoms with Crippen molar-refractivity contribution in [3.8, 4) is 0 Å². The second-order valence-electron chi connectivity index (χ2n) is 6.24. The van der Waals surface area contributed by atoms with Gasteiger partial charge in [0.15, 0.2) is 0 Å². The molecule has 0 amide bonds. The second kappa shape index (κ2) is 2.72. The van der Waals surface area contributed by atoms with Crippen LogP contribution in [0.4, 0.5) is 8.78 Å². The minimum absolute atomic E-state index is 0.0198. The molecule has 0 heterocycles. The van der Waals surface area contributed by atoms with E-state index in [1.54, 1.807) is 0 Å².